The van der Waals surface area contributed by atoms with Crippen LogP contribution in [0.25, 0.3) is 11.8 Å². The largest absolute Gasteiger partial charge is 0.504 e. The van der Waals surface area contributed by atoms with Gasteiger partial charge in [-0.1, -0.05) is 53.8 Å². The highest BCUT2D eigenvalue weighted by Crippen LogP contribution is 2.37. The van der Waals surface area contributed by atoms with Crippen LogP contribution in [0.3, 0.4) is 0 Å². The summed E-state index contributed by atoms with van der Waals surface area (Å²) in [5.41, 5.74) is 2.79. The molecular weight excluding hydrogens is 568 g/mol. The number of methoxy groups -OCH3 is 1. The Bertz CT molecular complexity index is 1860. The fourth-order valence-corrected chi connectivity index (χ4v) is 5.85. The molecule has 43 heavy (non-hydrogen) atoms. The van der Waals surface area contributed by atoms with Crippen molar-refractivity contribution in [3.05, 3.63) is 109 Å². The molecule has 9 nitrogen and oxygen atoms in total. The molecule has 0 saturated carbocycles. The smallest absolute Gasteiger partial charge is 0.338 e. The van der Waals surface area contributed by atoms with Crippen molar-refractivity contribution in [2.45, 2.75) is 33.4 Å². The highest BCUT2D eigenvalue weighted by molar-refractivity contribution is 7.07. The fraction of sp³-hybridized carbons (Fsp3) is 0.242. The molecule has 0 radical (unpaired) electrons. The molecule has 5 rings (SSSR count). The molecule has 222 valence electrons. The second kappa shape index (κ2) is 13.0. The van der Waals surface area contributed by atoms with Crippen LogP contribution < -0.4 is 29.1 Å². The molecule has 0 aliphatic carbocycles. The van der Waals surface area contributed by atoms with E-state index in [1.807, 2.05) is 55.5 Å². The molecule has 1 N–H and O–H groups in total. The maximum atomic E-state index is 13.6. The molecule has 0 unspecified atom stereocenters. The molecule has 1 aromatic heterocycles. The van der Waals surface area contributed by atoms with Gasteiger partial charge in [0.2, 0.25) is 0 Å². The second-order valence-electron chi connectivity index (χ2n) is 9.63. The van der Waals surface area contributed by atoms with Gasteiger partial charge in [-0.3, -0.25) is 9.36 Å². The maximum absolute atomic E-state index is 13.6. The van der Waals surface area contributed by atoms with E-state index in [1.54, 1.807) is 32.1 Å². The lowest BCUT2D eigenvalue weighted by atomic mass is 9.96. The van der Waals surface area contributed by atoms with Crippen LogP contribution >= 0.6 is 11.3 Å². The number of thiazole rings is 1. The van der Waals surface area contributed by atoms with Gasteiger partial charge in [0, 0.05) is 5.70 Å². The maximum Gasteiger partial charge on any atom is 0.338 e. The number of esters is 1. The van der Waals surface area contributed by atoms with Gasteiger partial charge in [0.25, 0.3) is 5.56 Å². The molecule has 4 aromatic rings. The number of phenolic OH excluding ortho intramolecular Hbond substituents is 1. The Hall–Kier alpha value is -4.83. The Labute approximate surface area is 252 Å². The Morgan fingerprint density at radius 2 is 1.79 bits per heavy atom. The Morgan fingerprint density at radius 3 is 2.51 bits per heavy atom. The summed E-state index contributed by atoms with van der Waals surface area (Å²) in [5, 5.41) is 9.95. The molecule has 10 heteroatoms. The molecule has 1 aliphatic rings. The SMILES string of the molecule is CCOC(=O)C1=C(C)n2c(s/c(=C\c3ccc(O)c(OC)c3)c2=O)=N[C@H]1c1ccc(OCc2ccccc2)c(OCC)c1. The summed E-state index contributed by atoms with van der Waals surface area (Å²) in [4.78, 5) is 32.2. The zero-order valence-electron chi connectivity index (χ0n) is 24.3. The number of carbonyl (C=O) groups excluding carboxylic acids is 1. The highest BCUT2D eigenvalue weighted by Gasteiger charge is 2.32. The molecule has 3 aromatic carbocycles. The van der Waals surface area contributed by atoms with Gasteiger partial charge in [0.05, 0.1) is 30.4 Å². The van der Waals surface area contributed by atoms with Crippen molar-refractivity contribution < 1.29 is 28.8 Å². The van der Waals surface area contributed by atoms with E-state index in [2.05, 4.69) is 0 Å². The normalized spacial score (nSPS) is 14.6. The van der Waals surface area contributed by atoms with Gasteiger partial charge in [-0.2, -0.15) is 0 Å². The molecule has 1 atom stereocenters. The number of aromatic nitrogens is 1. The van der Waals surface area contributed by atoms with E-state index in [4.69, 9.17) is 23.9 Å². The van der Waals surface area contributed by atoms with E-state index >= 15 is 0 Å². The van der Waals surface area contributed by atoms with Gasteiger partial charge in [0.15, 0.2) is 27.8 Å². The number of fused-ring (bicyclic) bond motifs is 1. The van der Waals surface area contributed by atoms with Crippen LogP contribution in [0.5, 0.6) is 23.0 Å². The van der Waals surface area contributed by atoms with Crippen molar-refractivity contribution in [1.29, 1.82) is 0 Å². The number of carbonyl (C=O) groups is 1. The van der Waals surface area contributed by atoms with Crippen molar-refractivity contribution >= 4 is 29.1 Å². The van der Waals surface area contributed by atoms with E-state index < -0.39 is 12.0 Å². The first-order chi connectivity index (χ1) is 20.8. The summed E-state index contributed by atoms with van der Waals surface area (Å²) >= 11 is 1.21. The fourth-order valence-electron chi connectivity index (χ4n) is 4.81. The number of rotatable bonds is 10. The Balaban J connectivity index is 1.60. The second-order valence-corrected chi connectivity index (χ2v) is 10.6. The molecule has 0 spiro atoms. The molecular formula is C33H32N2O7S. The summed E-state index contributed by atoms with van der Waals surface area (Å²) in [6.07, 6.45) is 1.70. The van der Waals surface area contributed by atoms with Crippen LogP contribution in [0.2, 0.25) is 0 Å². The number of hydrogen-bond donors (Lipinski definition) is 1. The van der Waals surface area contributed by atoms with Crippen LogP contribution in [0.1, 0.15) is 43.5 Å². The van der Waals surface area contributed by atoms with Crippen LogP contribution in [0.15, 0.2) is 82.1 Å². The van der Waals surface area contributed by atoms with E-state index in [0.717, 1.165) is 5.56 Å². The van der Waals surface area contributed by atoms with Crippen molar-refractivity contribution in [3.63, 3.8) is 0 Å². The standard InChI is InChI=1S/C33H32N2O7S/c1-5-40-27-18-23(13-15-25(27)42-19-21-10-8-7-9-11-21)30-29(32(38)41-6-2)20(3)35-31(37)28(43-33(35)34-30)17-22-12-14-24(36)26(16-22)39-4/h7-18,30,36H,5-6,19H2,1-4H3/b28-17-/t30-/m0/s1. The van der Waals surface area contributed by atoms with E-state index in [-0.39, 0.29) is 23.5 Å². The summed E-state index contributed by atoms with van der Waals surface area (Å²) in [5.74, 6) is 0.838. The minimum absolute atomic E-state index is 0.000417. The third kappa shape index (κ3) is 6.19. The van der Waals surface area contributed by atoms with E-state index in [9.17, 15) is 14.7 Å². The lowest BCUT2D eigenvalue weighted by Crippen LogP contribution is -2.35. The lowest BCUT2D eigenvalue weighted by molar-refractivity contribution is -0.138. The van der Waals surface area contributed by atoms with E-state index in [0.29, 0.717) is 56.6 Å². The van der Waals surface area contributed by atoms with Crippen LogP contribution in [-0.4, -0.2) is 36.0 Å². The number of benzene rings is 3. The molecule has 0 fully saturated rings. The average molecular weight is 601 g/mol. The minimum Gasteiger partial charge on any atom is -0.504 e. The third-order valence-electron chi connectivity index (χ3n) is 6.86. The first-order valence-corrected chi connectivity index (χ1v) is 14.7. The zero-order chi connectivity index (χ0) is 30.5. The van der Waals surface area contributed by atoms with Crippen molar-refractivity contribution in [2.75, 3.05) is 20.3 Å². The summed E-state index contributed by atoms with van der Waals surface area (Å²) in [6, 6.07) is 19.4. The highest BCUT2D eigenvalue weighted by atomic mass is 32.1. The minimum atomic E-state index is -0.735. The van der Waals surface area contributed by atoms with Gasteiger partial charge in [-0.25, -0.2) is 9.79 Å². The number of aromatic hydroxyl groups is 1. The third-order valence-corrected chi connectivity index (χ3v) is 7.84. The van der Waals surface area contributed by atoms with Crippen LogP contribution in [-0.2, 0) is 16.1 Å². The topological polar surface area (TPSA) is 109 Å². The number of hydrogen-bond acceptors (Lipinski definition) is 9. The number of ether oxygens (including phenoxy) is 4. The van der Waals surface area contributed by atoms with Gasteiger partial charge < -0.3 is 24.1 Å². The Kier molecular flexibility index (Phi) is 8.96. The average Bonchev–Trinajstić information content (AvgIpc) is 3.32. The molecule has 1 aliphatic heterocycles. The number of allylic oxidation sites excluding steroid dienone is 1. The summed E-state index contributed by atoms with van der Waals surface area (Å²) in [6.45, 7) is 6.30. The van der Waals surface area contributed by atoms with Crippen LogP contribution in [0, 0.1) is 0 Å². The molecule has 0 saturated heterocycles. The van der Waals surface area contributed by atoms with Crippen LogP contribution in [0.4, 0.5) is 0 Å². The molecule has 0 bridgehead atoms. The number of nitrogens with zero attached hydrogens (tertiary/aromatic N) is 2. The Morgan fingerprint density at radius 1 is 1.00 bits per heavy atom. The monoisotopic (exact) mass is 600 g/mol. The van der Waals surface area contributed by atoms with Gasteiger partial charge in [-0.15, -0.1) is 0 Å². The lowest BCUT2D eigenvalue weighted by Gasteiger charge is -2.23. The zero-order valence-corrected chi connectivity index (χ0v) is 25.1. The van der Waals surface area contributed by atoms with Crippen molar-refractivity contribution in [2.24, 2.45) is 4.99 Å². The van der Waals surface area contributed by atoms with E-state index in [1.165, 1.54) is 29.1 Å². The first-order valence-electron chi connectivity index (χ1n) is 13.8. The molecule has 2 heterocycles. The van der Waals surface area contributed by atoms with Gasteiger partial charge in [0.1, 0.15) is 12.6 Å². The van der Waals surface area contributed by atoms with Gasteiger partial charge >= 0.3 is 5.97 Å². The first kappa shape index (κ1) is 29.7. The quantitative estimate of drug-likeness (QED) is 0.265. The molecule has 0 amide bonds. The van der Waals surface area contributed by atoms with Crippen molar-refractivity contribution in [3.8, 4) is 23.0 Å². The summed E-state index contributed by atoms with van der Waals surface area (Å²) in [7, 11) is 1.46. The predicted molar refractivity (Wildman–Crippen MR) is 164 cm³/mol. The number of phenols is 1. The summed E-state index contributed by atoms with van der Waals surface area (Å²) < 4.78 is 24.5. The van der Waals surface area contributed by atoms with Crippen molar-refractivity contribution in [1.82, 2.24) is 4.57 Å². The van der Waals surface area contributed by atoms with Gasteiger partial charge in [-0.05, 0) is 67.8 Å². The predicted octanol–water partition coefficient (Wildman–Crippen LogP) is 4.60.